The van der Waals surface area contributed by atoms with Gasteiger partial charge in [0.15, 0.2) is 0 Å². The lowest BCUT2D eigenvalue weighted by molar-refractivity contribution is -0.0684. The van der Waals surface area contributed by atoms with Crippen LogP contribution in [0.1, 0.15) is 32.8 Å². The summed E-state index contributed by atoms with van der Waals surface area (Å²) in [6.45, 7) is 6.57. The molecular formula is C17H27NO4. The Bertz CT molecular complexity index is 457. The zero-order valence-electron chi connectivity index (χ0n) is 13.9. The highest BCUT2D eigenvalue weighted by Crippen LogP contribution is 2.32. The number of nitrogens with one attached hydrogen (secondary N) is 1. The van der Waals surface area contributed by atoms with Gasteiger partial charge in [0.25, 0.3) is 0 Å². The van der Waals surface area contributed by atoms with Gasteiger partial charge in [-0.2, -0.15) is 0 Å². The molecule has 1 amide bonds. The van der Waals surface area contributed by atoms with Crippen LogP contribution < -0.4 is 5.32 Å². The summed E-state index contributed by atoms with van der Waals surface area (Å²) >= 11 is 0. The maximum absolute atomic E-state index is 11.8. The molecule has 1 rings (SSSR count). The number of methoxy groups -OCH3 is 1. The van der Waals surface area contributed by atoms with Crippen molar-refractivity contribution in [2.45, 2.75) is 39.4 Å². The first-order chi connectivity index (χ1) is 10.3. The van der Waals surface area contributed by atoms with Crippen molar-refractivity contribution in [2.24, 2.45) is 5.41 Å². The lowest BCUT2D eigenvalue weighted by Gasteiger charge is -2.40. The molecule has 22 heavy (non-hydrogen) atoms. The molecule has 5 nitrogen and oxygen atoms in total. The second-order valence-corrected chi connectivity index (χ2v) is 6.32. The first-order valence-corrected chi connectivity index (χ1v) is 7.44. The minimum atomic E-state index is -0.949. The molecule has 124 valence electrons. The van der Waals surface area contributed by atoms with Crippen molar-refractivity contribution >= 4 is 6.09 Å². The molecule has 0 saturated heterocycles. The number of ether oxygens (including phenoxy) is 2. The van der Waals surface area contributed by atoms with E-state index in [0.717, 1.165) is 5.56 Å². The van der Waals surface area contributed by atoms with Gasteiger partial charge >= 0.3 is 6.09 Å². The monoisotopic (exact) mass is 309 g/mol. The predicted molar refractivity (Wildman–Crippen MR) is 85.5 cm³/mol. The van der Waals surface area contributed by atoms with Crippen molar-refractivity contribution in [1.29, 1.82) is 0 Å². The Labute approximate surface area is 132 Å². The van der Waals surface area contributed by atoms with E-state index >= 15 is 0 Å². The topological polar surface area (TPSA) is 67.8 Å². The molecule has 1 aromatic rings. The van der Waals surface area contributed by atoms with Gasteiger partial charge in [0.1, 0.15) is 6.61 Å². The van der Waals surface area contributed by atoms with Gasteiger partial charge < -0.3 is 19.9 Å². The smallest absolute Gasteiger partial charge is 0.407 e. The fourth-order valence-corrected chi connectivity index (χ4v) is 1.90. The standard InChI is InChI=1S/C17H27NO4/c1-16(2,17(3,20)10-11-21-4)13-18-15(19)22-12-14-8-6-5-7-9-14/h5-9,20H,10-13H2,1-4H3,(H,18,19). The van der Waals surface area contributed by atoms with Gasteiger partial charge in [-0.15, -0.1) is 0 Å². The minimum Gasteiger partial charge on any atom is -0.445 e. The summed E-state index contributed by atoms with van der Waals surface area (Å²) in [5.41, 5.74) is -0.517. The van der Waals surface area contributed by atoms with Crippen molar-refractivity contribution in [2.75, 3.05) is 20.3 Å². The molecule has 0 saturated carbocycles. The summed E-state index contributed by atoms with van der Waals surface area (Å²) < 4.78 is 10.2. The highest BCUT2D eigenvalue weighted by atomic mass is 16.5. The third kappa shape index (κ3) is 5.66. The Morgan fingerprint density at radius 3 is 2.45 bits per heavy atom. The molecule has 1 aromatic carbocycles. The van der Waals surface area contributed by atoms with Crippen molar-refractivity contribution in [3.05, 3.63) is 35.9 Å². The molecule has 0 fully saturated rings. The Morgan fingerprint density at radius 2 is 1.86 bits per heavy atom. The lowest BCUT2D eigenvalue weighted by atomic mass is 9.74. The van der Waals surface area contributed by atoms with Crippen LogP contribution in [-0.2, 0) is 16.1 Å². The summed E-state index contributed by atoms with van der Waals surface area (Å²) in [7, 11) is 1.60. The van der Waals surface area contributed by atoms with Gasteiger partial charge in [0.2, 0.25) is 0 Å². The van der Waals surface area contributed by atoms with Crippen LogP contribution in [0.4, 0.5) is 4.79 Å². The summed E-state index contributed by atoms with van der Waals surface area (Å²) in [6.07, 6.45) is 0.0107. The molecule has 0 aliphatic rings. The lowest BCUT2D eigenvalue weighted by Crippen LogP contribution is -2.49. The van der Waals surface area contributed by atoms with Crippen LogP contribution in [-0.4, -0.2) is 37.1 Å². The second-order valence-electron chi connectivity index (χ2n) is 6.32. The summed E-state index contributed by atoms with van der Waals surface area (Å²) in [5.74, 6) is 0. The molecule has 5 heteroatoms. The Morgan fingerprint density at radius 1 is 1.23 bits per heavy atom. The van der Waals surface area contributed by atoms with Crippen molar-refractivity contribution in [3.8, 4) is 0 Å². The van der Waals surface area contributed by atoms with Crippen molar-refractivity contribution < 1.29 is 19.4 Å². The van der Waals surface area contributed by atoms with E-state index in [9.17, 15) is 9.90 Å². The van der Waals surface area contributed by atoms with Crippen LogP contribution in [0.25, 0.3) is 0 Å². The maximum atomic E-state index is 11.8. The largest absolute Gasteiger partial charge is 0.445 e. The number of carbonyl (C=O) groups excluding carboxylic acids is 1. The van der Waals surface area contributed by atoms with E-state index in [-0.39, 0.29) is 6.61 Å². The molecule has 0 aliphatic heterocycles. The number of carbonyl (C=O) groups is 1. The average molecular weight is 309 g/mol. The van der Waals surface area contributed by atoms with Crippen LogP contribution in [0.15, 0.2) is 30.3 Å². The molecule has 0 bridgehead atoms. The molecule has 1 atom stereocenters. The van der Waals surface area contributed by atoms with Gasteiger partial charge in [-0.05, 0) is 18.9 Å². The minimum absolute atomic E-state index is 0.229. The summed E-state index contributed by atoms with van der Waals surface area (Å²) in [5, 5.41) is 13.2. The van der Waals surface area contributed by atoms with Gasteiger partial charge in [0.05, 0.1) is 5.60 Å². The molecule has 2 N–H and O–H groups in total. The molecule has 0 spiro atoms. The molecule has 0 heterocycles. The first-order valence-electron chi connectivity index (χ1n) is 7.44. The molecule has 1 unspecified atom stereocenters. The normalized spacial score (nSPS) is 14.2. The second kappa shape index (κ2) is 8.15. The van der Waals surface area contributed by atoms with Crippen LogP contribution in [0, 0.1) is 5.41 Å². The molecule has 0 aromatic heterocycles. The highest BCUT2D eigenvalue weighted by Gasteiger charge is 2.39. The van der Waals surface area contributed by atoms with E-state index in [1.165, 1.54) is 0 Å². The quantitative estimate of drug-likeness (QED) is 0.775. The number of aliphatic hydroxyl groups is 1. The molecule has 0 aliphatic carbocycles. The Hall–Kier alpha value is -1.59. The van der Waals surface area contributed by atoms with Crippen LogP contribution in [0.3, 0.4) is 0 Å². The van der Waals surface area contributed by atoms with Gasteiger partial charge in [0, 0.05) is 25.7 Å². The number of amides is 1. The van der Waals surface area contributed by atoms with E-state index < -0.39 is 17.1 Å². The van der Waals surface area contributed by atoms with Gasteiger partial charge in [-0.25, -0.2) is 4.79 Å². The number of rotatable bonds is 8. The van der Waals surface area contributed by atoms with E-state index in [4.69, 9.17) is 9.47 Å². The van der Waals surface area contributed by atoms with E-state index in [1.807, 2.05) is 44.2 Å². The van der Waals surface area contributed by atoms with Gasteiger partial charge in [-0.3, -0.25) is 0 Å². The van der Waals surface area contributed by atoms with Gasteiger partial charge in [-0.1, -0.05) is 44.2 Å². The van der Waals surface area contributed by atoms with Crippen LogP contribution in [0.2, 0.25) is 0 Å². The third-order valence-electron chi connectivity index (χ3n) is 4.14. The molecular weight excluding hydrogens is 282 g/mol. The zero-order chi connectivity index (χ0) is 16.6. The Kier molecular flexibility index (Phi) is 6.84. The van der Waals surface area contributed by atoms with Crippen molar-refractivity contribution in [1.82, 2.24) is 5.32 Å². The van der Waals surface area contributed by atoms with E-state index in [1.54, 1.807) is 14.0 Å². The SMILES string of the molecule is COCCC(C)(O)C(C)(C)CNC(=O)OCc1ccccc1. The predicted octanol–water partition coefficient (Wildman–Crippen LogP) is 2.73. The summed E-state index contributed by atoms with van der Waals surface area (Å²) in [4.78, 5) is 11.8. The maximum Gasteiger partial charge on any atom is 0.407 e. The fourth-order valence-electron chi connectivity index (χ4n) is 1.90. The highest BCUT2D eigenvalue weighted by molar-refractivity contribution is 5.67. The van der Waals surface area contributed by atoms with E-state index in [0.29, 0.717) is 19.6 Å². The Balaban J connectivity index is 2.41. The van der Waals surface area contributed by atoms with Crippen molar-refractivity contribution in [3.63, 3.8) is 0 Å². The average Bonchev–Trinajstić information content (AvgIpc) is 2.50. The van der Waals surface area contributed by atoms with E-state index in [2.05, 4.69) is 5.32 Å². The number of hydrogen-bond acceptors (Lipinski definition) is 4. The molecule has 0 radical (unpaired) electrons. The number of hydrogen-bond donors (Lipinski definition) is 2. The third-order valence-corrected chi connectivity index (χ3v) is 4.14. The first kappa shape index (κ1) is 18.5. The van der Waals surface area contributed by atoms with Crippen LogP contribution in [0.5, 0.6) is 0 Å². The number of alkyl carbamates (subject to hydrolysis) is 1. The fraction of sp³-hybridized carbons (Fsp3) is 0.588. The number of benzene rings is 1. The zero-order valence-corrected chi connectivity index (χ0v) is 13.9. The van der Waals surface area contributed by atoms with Crippen LogP contribution >= 0.6 is 0 Å². The summed E-state index contributed by atoms with van der Waals surface area (Å²) in [6, 6.07) is 9.49.